The van der Waals surface area contributed by atoms with Gasteiger partial charge in [-0.25, -0.2) is 9.78 Å². The van der Waals surface area contributed by atoms with Crippen molar-refractivity contribution in [3.63, 3.8) is 0 Å². The van der Waals surface area contributed by atoms with Crippen LogP contribution < -0.4 is 5.56 Å². The number of hydrogen-bond acceptors (Lipinski definition) is 5. The SMILES string of the molecule is CCC(C(=O)OC1CCCCC1)n1cnc2sc3c(c2c1=O)CCCC3. The first-order valence-corrected chi connectivity index (χ1v) is 10.7. The molecule has 0 aliphatic heterocycles. The van der Waals surface area contributed by atoms with Crippen molar-refractivity contribution in [2.45, 2.75) is 83.3 Å². The zero-order chi connectivity index (χ0) is 18.1. The van der Waals surface area contributed by atoms with Crippen LogP contribution in [0.2, 0.25) is 0 Å². The van der Waals surface area contributed by atoms with E-state index in [1.165, 1.54) is 27.8 Å². The molecule has 0 bridgehead atoms. The van der Waals surface area contributed by atoms with Gasteiger partial charge in [-0.15, -0.1) is 11.3 Å². The summed E-state index contributed by atoms with van der Waals surface area (Å²) < 4.78 is 7.25. The van der Waals surface area contributed by atoms with Crippen molar-refractivity contribution < 1.29 is 9.53 Å². The number of carbonyl (C=O) groups is 1. The molecule has 0 spiro atoms. The molecule has 2 heterocycles. The Balaban J connectivity index is 1.66. The van der Waals surface area contributed by atoms with Gasteiger partial charge in [-0.3, -0.25) is 9.36 Å². The summed E-state index contributed by atoms with van der Waals surface area (Å²) in [6.45, 7) is 1.92. The van der Waals surface area contributed by atoms with Crippen molar-refractivity contribution in [3.05, 3.63) is 27.1 Å². The minimum atomic E-state index is -0.583. The molecule has 0 N–H and O–H groups in total. The summed E-state index contributed by atoms with van der Waals surface area (Å²) >= 11 is 1.64. The van der Waals surface area contributed by atoms with Crippen LogP contribution in [0.4, 0.5) is 0 Å². The van der Waals surface area contributed by atoms with Crippen molar-refractivity contribution in [3.8, 4) is 0 Å². The van der Waals surface area contributed by atoms with Gasteiger partial charge in [0.2, 0.25) is 0 Å². The number of rotatable bonds is 4. The largest absolute Gasteiger partial charge is 0.461 e. The van der Waals surface area contributed by atoms with Gasteiger partial charge in [-0.2, -0.15) is 0 Å². The Kier molecular flexibility index (Phi) is 5.11. The van der Waals surface area contributed by atoms with Crippen molar-refractivity contribution in [2.24, 2.45) is 0 Å². The quantitative estimate of drug-likeness (QED) is 0.754. The van der Waals surface area contributed by atoms with Crippen molar-refractivity contribution in [1.82, 2.24) is 9.55 Å². The van der Waals surface area contributed by atoms with Crippen LogP contribution in [0.5, 0.6) is 0 Å². The Bertz CT molecular complexity index is 864. The molecular formula is C20H26N2O3S. The highest BCUT2D eigenvalue weighted by molar-refractivity contribution is 7.18. The third kappa shape index (κ3) is 3.20. The lowest BCUT2D eigenvalue weighted by Crippen LogP contribution is -2.33. The Morgan fingerprint density at radius 3 is 2.81 bits per heavy atom. The molecule has 2 aliphatic carbocycles. The fourth-order valence-electron chi connectivity index (χ4n) is 4.28. The molecule has 140 valence electrons. The number of nitrogens with zero attached hydrogens (tertiary/aromatic N) is 2. The van der Waals surface area contributed by atoms with Gasteiger partial charge in [-0.05, 0) is 63.4 Å². The van der Waals surface area contributed by atoms with Gasteiger partial charge in [-0.1, -0.05) is 13.3 Å². The number of esters is 1. The van der Waals surface area contributed by atoms with E-state index >= 15 is 0 Å². The second-order valence-corrected chi connectivity index (χ2v) is 8.55. The van der Waals surface area contributed by atoms with Gasteiger partial charge in [0.25, 0.3) is 5.56 Å². The predicted octanol–water partition coefficient (Wildman–Crippen LogP) is 4.16. The number of fused-ring (bicyclic) bond motifs is 3. The smallest absolute Gasteiger partial charge is 0.329 e. The lowest BCUT2D eigenvalue weighted by atomic mass is 9.97. The van der Waals surface area contributed by atoms with Crippen molar-refractivity contribution in [1.29, 1.82) is 0 Å². The monoisotopic (exact) mass is 374 g/mol. The Morgan fingerprint density at radius 2 is 2.04 bits per heavy atom. The minimum Gasteiger partial charge on any atom is -0.461 e. The predicted molar refractivity (Wildman–Crippen MR) is 103 cm³/mol. The first-order valence-electron chi connectivity index (χ1n) is 9.91. The fraction of sp³-hybridized carbons (Fsp3) is 0.650. The number of carbonyl (C=O) groups excluding carboxylic acids is 1. The molecule has 4 rings (SSSR count). The van der Waals surface area contributed by atoms with Crippen LogP contribution in [0.25, 0.3) is 10.2 Å². The highest BCUT2D eigenvalue weighted by atomic mass is 32.1. The molecule has 26 heavy (non-hydrogen) atoms. The number of aryl methyl sites for hydroxylation is 2. The second kappa shape index (κ2) is 7.51. The van der Waals surface area contributed by atoms with E-state index < -0.39 is 6.04 Å². The molecular weight excluding hydrogens is 348 g/mol. The van der Waals surface area contributed by atoms with E-state index in [0.717, 1.165) is 55.2 Å². The third-order valence-electron chi connectivity index (χ3n) is 5.73. The molecule has 1 saturated carbocycles. The van der Waals surface area contributed by atoms with E-state index in [9.17, 15) is 9.59 Å². The summed E-state index contributed by atoms with van der Waals surface area (Å²) in [4.78, 5) is 32.6. The zero-order valence-corrected chi connectivity index (χ0v) is 16.1. The molecule has 0 amide bonds. The van der Waals surface area contributed by atoms with Gasteiger partial charge in [0.05, 0.1) is 11.7 Å². The number of hydrogen-bond donors (Lipinski definition) is 0. The molecule has 6 heteroatoms. The van der Waals surface area contributed by atoms with Gasteiger partial charge in [0.15, 0.2) is 0 Å². The van der Waals surface area contributed by atoms with Crippen LogP contribution in [0.15, 0.2) is 11.1 Å². The maximum Gasteiger partial charge on any atom is 0.329 e. The summed E-state index contributed by atoms with van der Waals surface area (Å²) in [6.07, 6.45) is 11.7. The standard InChI is InChI=1S/C20H26N2O3S/c1-2-15(20(24)25-13-8-4-3-5-9-13)22-12-21-18-17(19(22)23)14-10-6-7-11-16(14)26-18/h12-13,15H,2-11H2,1H3. The molecule has 0 radical (unpaired) electrons. The summed E-state index contributed by atoms with van der Waals surface area (Å²) in [5, 5.41) is 0.733. The fourth-order valence-corrected chi connectivity index (χ4v) is 5.50. The van der Waals surface area contributed by atoms with Crippen molar-refractivity contribution in [2.75, 3.05) is 0 Å². The average molecular weight is 375 g/mol. The summed E-state index contributed by atoms with van der Waals surface area (Å²) in [5.41, 5.74) is 1.08. The van der Waals surface area contributed by atoms with Crippen molar-refractivity contribution >= 4 is 27.5 Å². The van der Waals surface area contributed by atoms with Gasteiger partial charge >= 0.3 is 5.97 Å². The Morgan fingerprint density at radius 1 is 1.27 bits per heavy atom. The summed E-state index contributed by atoms with van der Waals surface area (Å²) in [5.74, 6) is -0.285. The van der Waals surface area contributed by atoms with Crippen LogP contribution in [0, 0.1) is 0 Å². The van der Waals surface area contributed by atoms with Gasteiger partial charge in [0, 0.05) is 4.88 Å². The molecule has 0 aromatic carbocycles. The number of aromatic nitrogens is 2. The van der Waals surface area contributed by atoms with E-state index in [4.69, 9.17) is 4.74 Å². The van der Waals surface area contributed by atoms with Crippen LogP contribution in [-0.4, -0.2) is 21.6 Å². The lowest BCUT2D eigenvalue weighted by Gasteiger charge is -2.25. The lowest BCUT2D eigenvalue weighted by molar-refractivity contribution is -0.154. The number of ether oxygens (including phenoxy) is 1. The maximum atomic E-state index is 13.2. The molecule has 5 nitrogen and oxygen atoms in total. The van der Waals surface area contributed by atoms with Crippen LogP contribution in [0.3, 0.4) is 0 Å². The summed E-state index contributed by atoms with van der Waals surface area (Å²) in [7, 11) is 0. The molecule has 2 aromatic rings. The molecule has 1 fully saturated rings. The normalized spacial score (nSPS) is 19.3. The van der Waals surface area contributed by atoms with E-state index in [-0.39, 0.29) is 17.6 Å². The summed E-state index contributed by atoms with van der Waals surface area (Å²) in [6, 6.07) is -0.583. The van der Waals surface area contributed by atoms with E-state index in [1.807, 2.05) is 6.92 Å². The molecule has 2 aromatic heterocycles. The third-order valence-corrected chi connectivity index (χ3v) is 6.93. The van der Waals surface area contributed by atoms with Crippen LogP contribution >= 0.6 is 11.3 Å². The number of thiophene rings is 1. The maximum absolute atomic E-state index is 13.2. The van der Waals surface area contributed by atoms with E-state index in [0.29, 0.717) is 6.42 Å². The van der Waals surface area contributed by atoms with Crippen LogP contribution in [-0.2, 0) is 22.4 Å². The highest BCUT2D eigenvalue weighted by Gasteiger charge is 2.28. The molecule has 1 unspecified atom stereocenters. The minimum absolute atomic E-state index is 0.00611. The Hall–Kier alpha value is -1.69. The second-order valence-electron chi connectivity index (χ2n) is 7.47. The van der Waals surface area contributed by atoms with E-state index in [2.05, 4.69) is 4.98 Å². The first kappa shape index (κ1) is 17.7. The van der Waals surface area contributed by atoms with Crippen LogP contribution in [0.1, 0.15) is 74.8 Å². The van der Waals surface area contributed by atoms with Gasteiger partial charge in [0.1, 0.15) is 17.0 Å². The molecule has 1 atom stereocenters. The average Bonchev–Trinajstić information content (AvgIpc) is 3.04. The first-order chi connectivity index (χ1) is 12.7. The van der Waals surface area contributed by atoms with E-state index in [1.54, 1.807) is 17.7 Å². The van der Waals surface area contributed by atoms with Gasteiger partial charge < -0.3 is 4.74 Å². The zero-order valence-electron chi connectivity index (χ0n) is 15.3. The molecule has 0 saturated heterocycles. The Labute approximate surface area is 157 Å². The molecule has 2 aliphatic rings. The topological polar surface area (TPSA) is 61.2 Å². The highest BCUT2D eigenvalue weighted by Crippen LogP contribution is 2.33.